The van der Waals surface area contributed by atoms with Crippen LogP contribution in [0.1, 0.15) is 5.56 Å². The number of hydrazone groups is 1. The second-order valence-electron chi connectivity index (χ2n) is 7.05. The van der Waals surface area contributed by atoms with Crippen molar-refractivity contribution in [2.75, 3.05) is 32.2 Å². The van der Waals surface area contributed by atoms with Crippen molar-refractivity contribution in [3.8, 4) is 17.2 Å². The fourth-order valence-electron chi connectivity index (χ4n) is 3.16. The molecule has 0 aliphatic rings. The van der Waals surface area contributed by atoms with Crippen LogP contribution in [0.25, 0.3) is 0 Å². The molecular formula is C24H24ClN3O6S. The second-order valence-corrected chi connectivity index (χ2v) is 9.35. The zero-order chi connectivity index (χ0) is 25.4. The number of nitrogens with zero attached hydrogens (tertiary/aromatic N) is 2. The molecular weight excluding hydrogens is 494 g/mol. The third-order valence-electron chi connectivity index (χ3n) is 4.82. The molecule has 0 heterocycles. The number of methoxy groups -OCH3 is 3. The number of hydrogen-bond donors (Lipinski definition) is 1. The van der Waals surface area contributed by atoms with Gasteiger partial charge in [-0.1, -0.05) is 29.8 Å². The third-order valence-corrected chi connectivity index (χ3v) is 6.86. The number of benzene rings is 3. The van der Waals surface area contributed by atoms with Gasteiger partial charge in [-0.3, -0.25) is 9.10 Å². The Balaban J connectivity index is 1.82. The van der Waals surface area contributed by atoms with Crippen LogP contribution in [0.5, 0.6) is 17.2 Å². The van der Waals surface area contributed by atoms with Crippen LogP contribution in [-0.2, 0) is 14.8 Å². The molecule has 3 rings (SSSR count). The maximum absolute atomic E-state index is 13.3. The van der Waals surface area contributed by atoms with E-state index in [9.17, 15) is 13.2 Å². The number of sulfonamides is 1. The van der Waals surface area contributed by atoms with Crippen LogP contribution >= 0.6 is 11.6 Å². The Morgan fingerprint density at radius 1 is 0.971 bits per heavy atom. The lowest BCUT2D eigenvalue weighted by Crippen LogP contribution is -2.39. The van der Waals surface area contributed by atoms with E-state index in [1.165, 1.54) is 51.8 Å². The molecule has 0 radical (unpaired) electrons. The lowest BCUT2D eigenvalue weighted by molar-refractivity contribution is -0.119. The highest BCUT2D eigenvalue weighted by molar-refractivity contribution is 7.92. The van der Waals surface area contributed by atoms with E-state index in [0.29, 0.717) is 27.8 Å². The number of amides is 1. The molecule has 0 fully saturated rings. The normalized spacial score (nSPS) is 11.2. The number of rotatable bonds is 10. The molecule has 1 N–H and O–H groups in total. The van der Waals surface area contributed by atoms with Crippen LogP contribution in [-0.4, -0.2) is 48.4 Å². The number of nitrogens with one attached hydrogen (secondary N) is 1. The van der Waals surface area contributed by atoms with Crippen LogP contribution in [0.4, 0.5) is 5.69 Å². The lowest BCUT2D eigenvalue weighted by Gasteiger charge is -2.23. The number of hydrogen-bond acceptors (Lipinski definition) is 7. The Bertz CT molecular complexity index is 1270. The molecule has 9 nitrogen and oxygen atoms in total. The van der Waals surface area contributed by atoms with Gasteiger partial charge in [0.05, 0.1) is 38.1 Å². The Morgan fingerprint density at radius 2 is 1.57 bits per heavy atom. The van der Waals surface area contributed by atoms with Crippen molar-refractivity contribution < 1.29 is 27.4 Å². The fraction of sp³-hybridized carbons (Fsp3) is 0.167. The molecule has 11 heteroatoms. The van der Waals surface area contributed by atoms with E-state index in [1.54, 1.807) is 42.5 Å². The van der Waals surface area contributed by atoms with Gasteiger partial charge in [0, 0.05) is 10.6 Å². The molecule has 0 spiro atoms. The van der Waals surface area contributed by atoms with E-state index in [2.05, 4.69) is 10.5 Å². The summed E-state index contributed by atoms with van der Waals surface area (Å²) < 4.78 is 43.4. The first-order valence-electron chi connectivity index (χ1n) is 10.3. The van der Waals surface area contributed by atoms with Crippen molar-refractivity contribution in [2.24, 2.45) is 5.10 Å². The summed E-state index contributed by atoms with van der Waals surface area (Å²) in [6, 6.07) is 17.3. The zero-order valence-corrected chi connectivity index (χ0v) is 20.8. The highest BCUT2D eigenvalue weighted by atomic mass is 35.5. The first-order chi connectivity index (χ1) is 16.8. The van der Waals surface area contributed by atoms with Gasteiger partial charge < -0.3 is 14.2 Å². The highest BCUT2D eigenvalue weighted by Crippen LogP contribution is 2.37. The largest absolute Gasteiger partial charge is 0.493 e. The van der Waals surface area contributed by atoms with Crippen LogP contribution in [0.3, 0.4) is 0 Å². The Kier molecular flexibility index (Phi) is 8.56. The molecule has 3 aromatic rings. The van der Waals surface area contributed by atoms with E-state index in [0.717, 1.165) is 4.31 Å². The van der Waals surface area contributed by atoms with E-state index in [1.807, 2.05) is 0 Å². The first-order valence-corrected chi connectivity index (χ1v) is 12.1. The van der Waals surface area contributed by atoms with Gasteiger partial charge in [0.1, 0.15) is 6.54 Å². The van der Waals surface area contributed by atoms with E-state index in [-0.39, 0.29) is 10.6 Å². The van der Waals surface area contributed by atoms with E-state index < -0.39 is 22.5 Å². The summed E-state index contributed by atoms with van der Waals surface area (Å²) in [6.07, 6.45) is 1.38. The number of carbonyl (C=O) groups is 1. The molecule has 0 atom stereocenters. The first kappa shape index (κ1) is 25.9. The van der Waals surface area contributed by atoms with Gasteiger partial charge in [-0.25, -0.2) is 13.8 Å². The molecule has 0 aliphatic heterocycles. The van der Waals surface area contributed by atoms with E-state index in [4.69, 9.17) is 25.8 Å². The van der Waals surface area contributed by atoms with Crippen molar-refractivity contribution >= 4 is 39.4 Å². The molecule has 1 amide bonds. The Hall–Kier alpha value is -3.76. The van der Waals surface area contributed by atoms with E-state index >= 15 is 0 Å². The minimum Gasteiger partial charge on any atom is -0.493 e. The van der Waals surface area contributed by atoms with Crippen molar-refractivity contribution in [1.29, 1.82) is 0 Å². The van der Waals surface area contributed by atoms with Gasteiger partial charge in [0.2, 0.25) is 5.75 Å². The Morgan fingerprint density at radius 3 is 2.11 bits per heavy atom. The smallest absolute Gasteiger partial charge is 0.264 e. The highest BCUT2D eigenvalue weighted by Gasteiger charge is 2.27. The quantitative estimate of drug-likeness (QED) is 0.324. The van der Waals surface area contributed by atoms with Crippen LogP contribution in [0, 0.1) is 0 Å². The minimum atomic E-state index is -4.03. The van der Waals surface area contributed by atoms with Crippen molar-refractivity contribution in [1.82, 2.24) is 5.43 Å². The van der Waals surface area contributed by atoms with Gasteiger partial charge in [-0.05, 0) is 48.5 Å². The van der Waals surface area contributed by atoms with Crippen molar-refractivity contribution in [2.45, 2.75) is 4.90 Å². The van der Waals surface area contributed by atoms with Crippen molar-refractivity contribution in [3.63, 3.8) is 0 Å². The standard InChI is InChI=1S/C24H24ClN3O6S/c1-32-21-13-17(14-22(33-2)24(21)34-3)15-26-27-23(29)16-28(19-11-9-18(25)10-12-19)35(30,31)20-7-5-4-6-8-20/h4-15H,16H2,1-3H3,(H,27,29)/b26-15-. The third kappa shape index (κ3) is 6.23. The molecule has 0 saturated heterocycles. The summed E-state index contributed by atoms with van der Waals surface area (Å²) in [5, 5.41) is 4.38. The van der Waals surface area contributed by atoms with Gasteiger partial charge in [-0.2, -0.15) is 5.10 Å². The zero-order valence-electron chi connectivity index (χ0n) is 19.3. The number of anilines is 1. The molecule has 3 aromatic carbocycles. The van der Waals surface area contributed by atoms with Crippen molar-refractivity contribution in [3.05, 3.63) is 77.3 Å². The average Bonchev–Trinajstić information content (AvgIpc) is 2.87. The van der Waals surface area contributed by atoms with Crippen LogP contribution in [0.2, 0.25) is 5.02 Å². The summed E-state index contributed by atoms with van der Waals surface area (Å²) in [5.74, 6) is 0.606. The fourth-order valence-corrected chi connectivity index (χ4v) is 4.73. The predicted molar refractivity (Wildman–Crippen MR) is 134 cm³/mol. The number of carbonyl (C=O) groups excluding carboxylic acids is 1. The number of ether oxygens (including phenoxy) is 3. The maximum atomic E-state index is 13.3. The summed E-state index contributed by atoms with van der Waals surface area (Å²) in [7, 11) is 0.425. The molecule has 184 valence electrons. The minimum absolute atomic E-state index is 0.0451. The SMILES string of the molecule is COc1cc(/C=N\NC(=O)CN(c2ccc(Cl)cc2)S(=O)(=O)c2ccccc2)cc(OC)c1OC. The average molecular weight is 518 g/mol. The summed E-state index contributed by atoms with van der Waals surface area (Å²) in [4.78, 5) is 12.7. The molecule has 0 aromatic heterocycles. The predicted octanol–water partition coefficient (Wildman–Crippen LogP) is 3.71. The van der Waals surface area contributed by atoms with Gasteiger partial charge >= 0.3 is 0 Å². The summed E-state index contributed by atoms with van der Waals surface area (Å²) in [5.41, 5.74) is 3.20. The molecule has 0 unspecified atom stereocenters. The molecule has 0 bridgehead atoms. The van der Waals surface area contributed by atoms with Gasteiger partial charge in [0.25, 0.3) is 15.9 Å². The topological polar surface area (TPSA) is 107 Å². The molecule has 0 aliphatic carbocycles. The number of halogens is 1. The molecule has 35 heavy (non-hydrogen) atoms. The maximum Gasteiger partial charge on any atom is 0.264 e. The van der Waals surface area contributed by atoms with Crippen LogP contribution < -0.4 is 23.9 Å². The summed E-state index contributed by atoms with van der Waals surface area (Å²) in [6.45, 7) is -0.508. The van der Waals surface area contributed by atoms with Crippen LogP contribution in [0.15, 0.2) is 76.7 Å². The lowest BCUT2D eigenvalue weighted by atomic mass is 10.2. The monoisotopic (exact) mass is 517 g/mol. The Labute approximate surface area is 208 Å². The summed E-state index contributed by atoms with van der Waals surface area (Å²) >= 11 is 5.95. The second kappa shape index (κ2) is 11.6. The van der Waals surface area contributed by atoms with Gasteiger partial charge in [-0.15, -0.1) is 0 Å². The van der Waals surface area contributed by atoms with Gasteiger partial charge in [0.15, 0.2) is 11.5 Å². The molecule has 0 saturated carbocycles.